The van der Waals surface area contributed by atoms with Gasteiger partial charge in [-0.15, -0.1) is 0 Å². The molecule has 7 aromatic heterocycles. The van der Waals surface area contributed by atoms with Crippen LogP contribution in [0.4, 0.5) is 0 Å². The molecule has 23 heteroatoms. The number of ether oxygens (including phenoxy) is 5. The molecule has 8 aromatic rings. The molecule has 23 nitrogen and oxygen atoms in total. The number of nitrogens with zero attached hydrogens (tertiary/aromatic N) is 10. The Bertz CT molecular complexity index is 2430. The number of aryl methyl sites for hydroxylation is 8. The molecule has 0 amide bonds. The number of aliphatic hydroxyl groups is 4. The number of aromatic amines is 3. The Labute approximate surface area is 560 Å². The summed E-state index contributed by atoms with van der Waals surface area (Å²) in [7, 11) is 5.32. The zero-order valence-electron chi connectivity index (χ0n) is 60.5. The molecule has 0 bridgehead atoms. The van der Waals surface area contributed by atoms with Crippen molar-refractivity contribution in [3.05, 3.63) is 147 Å². The van der Waals surface area contributed by atoms with Crippen molar-refractivity contribution < 1.29 is 48.9 Å². The Balaban J connectivity index is -0.000000303. The smallest absolute Gasteiger partial charge is 0.305 e. The van der Waals surface area contributed by atoms with E-state index >= 15 is 0 Å². The fourth-order valence-electron chi connectivity index (χ4n) is 6.32. The monoisotopic (exact) mass is 1310 g/mol. The molecule has 0 aliphatic rings. The largest absolute Gasteiger partial charge is 0.466 e. The maximum atomic E-state index is 10.2. The van der Waals surface area contributed by atoms with Gasteiger partial charge >= 0.3 is 5.97 Å². The van der Waals surface area contributed by atoms with E-state index in [2.05, 4.69) is 144 Å². The molecule has 534 valence electrons. The summed E-state index contributed by atoms with van der Waals surface area (Å²) in [6.45, 7) is 36.5. The molecular weight excluding hydrogens is 1180 g/mol. The normalized spacial score (nSPS) is 9.73. The van der Waals surface area contributed by atoms with Crippen molar-refractivity contribution >= 4 is 16.9 Å². The van der Waals surface area contributed by atoms with E-state index in [1.807, 2.05) is 100 Å². The molecule has 0 spiro atoms. The van der Waals surface area contributed by atoms with Crippen LogP contribution < -0.4 is 0 Å². The second kappa shape index (κ2) is 77.6. The number of rotatable bonds is 25. The number of esters is 1. The summed E-state index contributed by atoms with van der Waals surface area (Å²) in [5, 5.41) is 33.3. The van der Waals surface area contributed by atoms with Crippen LogP contribution in [0, 0.1) is 0 Å². The van der Waals surface area contributed by atoms with Gasteiger partial charge < -0.3 is 77.3 Å². The number of aromatic nitrogens is 13. The van der Waals surface area contributed by atoms with Crippen molar-refractivity contribution in [2.45, 2.75) is 200 Å². The fourth-order valence-corrected chi connectivity index (χ4v) is 6.32. The average Bonchev–Trinajstić information content (AvgIpc) is 1.80. The molecule has 1 aromatic carbocycles. The molecule has 0 radical (unpaired) electrons. The standard InChI is InChI=1S/C10H11N.2C7H12N2.2C6H10N2.2C5H8N2.2C5H12O2.C5H10O2.C4H10O2.C3H8O.C2H6O/c1-2-8-7-11-10-6-4-3-5-9(8)10;1-3-4-7-5-9(2)6-8-7;1-2-3-5-9-6-4-8-7-9;1-2-4-8-5-3-7-6-8;1-2-3-6-4-7-5-8-6;1-2-5-3-6-4-7-5;1-2-7-4-3-6-5-7;2*1-3-7-5-4-6-2;1-3-5(6)7-4-2;1-2-4(6)3-5;1-2-3-4;1-2-3/h3-7,11H,2H2,1H3;5-6H,3-4H2,1-2H3;4,6-7H,2-3,5H2,1H3;3,5-6H,2,4H2,1H3;4-5H,2-3H2,1H3,(H,7,8);3-4H,2H2,1H3,(H,6,7);3-5H,2H2,1H3;2*3-5H2,1-2H3;3-4H2,1-2H3;4-6H,2-3H2,1H3;4H,2-3H2,1H3;3H,2H2,1H3. The maximum absolute atomic E-state index is 10.2. The summed E-state index contributed by atoms with van der Waals surface area (Å²) in [5.74, 6) is -0.123. The van der Waals surface area contributed by atoms with Gasteiger partial charge in [0.15, 0.2) is 0 Å². The van der Waals surface area contributed by atoms with Crippen LogP contribution in [0.2, 0.25) is 0 Å². The third kappa shape index (κ3) is 66.4. The van der Waals surface area contributed by atoms with Crippen molar-refractivity contribution in [1.29, 1.82) is 0 Å². The minimum Gasteiger partial charge on any atom is -0.466 e. The second-order valence-corrected chi connectivity index (χ2v) is 19.4. The third-order valence-electron chi connectivity index (χ3n) is 11.4. The maximum Gasteiger partial charge on any atom is 0.305 e. The lowest BCUT2D eigenvalue weighted by Gasteiger charge is -1.97. The number of carbonyl (C=O) groups excluding carboxylic acids is 1. The van der Waals surface area contributed by atoms with Gasteiger partial charge in [0.25, 0.3) is 0 Å². The number of hydrogen-bond acceptors (Lipinski definition) is 16. The average molecular weight is 1310 g/mol. The topological polar surface area (TPSA) is 289 Å². The van der Waals surface area contributed by atoms with Gasteiger partial charge in [-0.3, -0.25) is 4.79 Å². The van der Waals surface area contributed by atoms with E-state index in [0.717, 1.165) is 65.0 Å². The minimum absolute atomic E-state index is 0.115. The SMILES string of the molecule is CCC(O)CO.CCCCn1ccnc1.CCCO.CCCc1cn(C)cn1.CCCc1cnc[nH]1.CCCn1ccnc1.CCO.CCOC(=O)CC.CCOCCOC.CCOCCOC.CCc1c[nH]c2ccccc12.CCc1cnc[nH]1.CCn1ccnc1. The molecule has 0 fully saturated rings. The summed E-state index contributed by atoms with van der Waals surface area (Å²) in [6.07, 6.45) is 41.8. The summed E-state index contributed by atoms with van der Waals surface area (Å²) >= 11 is 0. The van der Waals surface area contributed by atoms with Gasteiger partial charge in [-0.05, 0) is 97.6 Å². The number of fused-ring (bicyclic) bond motifs is 1. The summed E-state index contributed by atoms with van der Waals surface area (Å²) < 4.78 is 32.0. The number of imidazole rings is 6. The van der Waals surface area contributed by atoms with Gasteiger partial charge in [-0.25, -0.2) is 29.9 Å². The lowest BCUT2D eigenvalue weighted by molar-refractivity contribution is -0.142. The number of para-hydroxylation sites is 1. The number of hydrogen-bond donors (Lipinski definition) is 7. The summed E-state index contributed by atoms with van der Waals surface area (Å²) in [4.78, 5) is 43.0. The lowest BCUT2D eigenvalue weighted by Crippen LogP contribution is -2.08. The van der Waals surface area contributed by atoms with Crippen molar-refractivity contribution in [3.63, 3.8) is 0 Å². The van der Waals surface area contributed by atoms with E-state index < -0.39 is 6.10 Å². The first-order valence-corrected chi connectivity index (χ1v) is 33.3. The number of nitrogens with one attached hydrogen (secondary N) is 3. The van der Waals surface area contributed by atoms with E-state index in [1.54, 1.807) is 66.4 Å². The van der Waals surface area contributed by atoms with Crippen LogP contribution >= 0.6 is 0 Å². The predicted molar refractivity (Wildman–Crippen MR) is 380 cm³/mol. The molecule has 7 N–H and O–H groups in total. The van der Waals surface area contributed by atoms with Gasteiger partial charge in [0.05, 0.1) is 89.4 Å². The molecule has 93 heavy (non-hydrogen) atoms. The zero-order chi connectivity index (χ0) is 70.6. The summed E-state index contributed by atoms with van der Waals surface area (Å²) in [5.41, 5.74) is 6.26. The highest BCUT2D eigenvalue weighted by atomic mass is 16.5. The number of carbonyl (C=O) groups is 1. The molecule has 0 saturated heterocycles. The van der Waals surface area contributed by atoms with Crippen LogP contribution in [0.25, 0.3) is 10.9 Å². The zero-order valence-corrected chi connectivity index (χ0v) is 60.5. The molecule has 8 rings (SSSR count). The number of methoxy groups -OCH3 is 2. The van der Waals surface area contributed by atoms with Crippen LogP contribution in [-0.4, -0.2) is 176 Å². The molecule has 0 saturated carbocycles. The van der Waals surface area contributed by atoms with Crippen molar-refractivity contribution in [1.82, 2.24) is 63.1 Å². The van der Waals surface area contributed by atoms with Crippen LogP contribution in [0.15, 0.2) is 124 Å². The van der Waals surface area contributed by atoms with Gasteiger partial charge in [-0.2, -0.15) is 0 Å². The Morgan fingerprint density at radius 1 is 0.591 bits per heavy atom. The first-order chi connectivity index (χ1) is 45.2. The van der Waals surface area contributed by atoms with Gasteiger partial charge in [0, 0.05) is 158 Å². The quantitative estimate of drug-likeness (QED) is 0.0207. The van der Waals surface area contributed by atoms with Crippen molar-refractivity contribution in [2.24, 2.45) is 7.05 Å². The Morgan fingerprint density at radius 2 is 1.12 bits per heavy atom. The highest BCUT2D eigenvalue weighted by Gasteiger charge is 1.99. The van der Waals surface area contributed by atoms with E-state index in [9.17, 15) is 4.79 Å². The number of benzene rings is 1. The van der Waals surface area contributed by atoms with Crippen LogP contribution in [0.5, 0.6) is 0 Å². The highest BCUT2D eigenvalue weighted by molar-refractivity contribution is 5.82. The van der Waals surface area contributed by atoms with Gasteiger partial charge in [-0.1, -0.05) is 99.8 Å². The van der Waals surface area contributed by atoms with Crippen molar-refractivity contribution in [3.8, 4) is 0 Å². The Hall–Kier alpha value is -6.83. The van der Waals surface area contributed by atoms with Crippen LogP contribution in [0.3, 0.4) is 0 Å². The first-order valence-electron chi connectivity index (χ1n) is 33.3. The van der Waals surface area contributed by atoms with Gasteiger partial charge in [0.2, 0.25) is 0 Å². The molecule has 0 aliphatic carbocycles. The molecule has 0 aliphatic heterocycles. The third-order valence-corrected chi connectivity index (χ3v) is 11.4. The molecular formula is C70H129N13O10. The molecule has 1 atom stereocenters. The second-order valence-electron chi connectivity index (χ2n) is 19.4. The fraction of sp³-hybridized carbons (Fsp3) is 0.614. The Kier molecular flexibility index (Phi) is 79.2. The Morgan fingerprint density at radius 3 is 1.44 bits per heavy atom. The van der Waals surface area contributed by atoms with Crippen molar-refractivity contribution in [2.75, 3.05) is 80.3 Å². The lowest BCUT2D eigenvalue weighted by atomic mass is 10.1. The van der Waals surface area contributed by atoms with Crippen LogP contribution in [0.1, 0.15) is 171 Å². The first kappa shape index (κ1) is 94.9. The number of H-pyrrole nitrogens is 3. The minimum atomic E-state index is -0.509. The molecule has 1 unspecified atom stereocenters. The predicted octanol–water partition coefficient (Wildman–Crippen LogP) is 12.8. The number of unbranched alkanes of at least 4 members (excludes halogenated alkanes) is 1. The summed E-state index contributed by atoms with van der Waals surface area (Å²) in [6, 6.07) is 8.40. The van der Waals surface area contributed by atoms with E-state index in [4.69, 9.17) is 39.4 Å². The van der Waals surface area contributed by atoms with Gasteiger partial charge in [0.1, 0.15) is 0 Å². The van der Waals surface area contributed by atoms with E-state index in [0.29, 0.717) is 52.5 Å². The highest BCUT2D eigenvalue weighted by Crippen LogP contribution is 2.17. The molecule has 7 heterocycles. The van der Waals surface area contributed by atoms with E-state index in [1.165, 1.54) is 65.7 Å². The van der Waals surface area contributed by atoms with Crippen LogP contribution in [-0.2, 0) is 80.8 Å². The number of aliphatic hydroxyl groups excluding tert-OH is 4. The van der Waals surface area contributed by atoms with E-state index in [-0.39, 0.29) is 19.2 Å².